The lowest BCUT2D eigenvalue weighted by Crippen LogP contribution is -2.44. The summed E-state index contributed by atoms with van der Waals surface area (Å²) in [6.07, 6.45) is 5.97. The molecule has 1 aliphatic carbocycles. The van der Waals surface area contributed by atoms with E-state index in [0.717, 1.165) is 44.7 Å². The second-order valence-corrected chi connectivity index (χ2v) is 7.68. The Balaban J connectivity index is 1.80. The minimum absolute atomic E-state index is 0.00315. The number of hydrogen-bond acceptors (Lipinski definition) is 8. The Hall–Kier alpha value is -2.42. The monoisotopic (exact) mass is 374 g/mol. The Morgan fingerprint density at radius 3 is 2.48 bits per heavy atom. The Morgan fingerprint density at radius 1 is 1.15 bits per heavy atom. The Bertz CT molecular complexity index is 824. The number of benzene rings is 1. The van der Waals surface area contributed by atoms with Gasteiger partial charge in [-0.3, -0.25) is 10.1 Å². The third-order valence-electron chi connectivity index (χ3n) is 6.00. The molecule has 0 radical (unpaired) electrons. The molecule has 4 rings (SSSR count). The fourth-order valence-electron chi connectivity index (χ4n) is 4.30. The molecule has 2 aromatic rings. The van der Waals surface area contributed by atoms with Gasteiger partial charge in [0.2, 0.25) is 5.52 Å². The first-order valence-electron chi connectivity index (χ1n) is 9.66. The van der Waals surface area contributed by atoms with Crippen LogP contribution in [0.3, 0.4) is 0 Å². The summed E-state index contributed by atoms with van der Waals surface area (Å²) in [6.45, 7) is 3.25. The normalized spacial score (nSPS) is 19.6. The summed E-state index contributed by atoms with van der Waals surface area (Å²) in [5.74, 6) is 0. The van der Waals surface area contributed by atoms with Gasteiger partial charge < -0.3 is 14.7 Å². The summed E-state index contributed by atoms with van der Waals surface area (Å²) in [7, 11) is 4.12. The van der Waals surface area contributed by atoms with Crippen molar-refractivity contribution in [3.63, 3.8) is 0 Å². The predicted molar refractivity (Wildman–Crippen MR) is 103 cm³/mol. The molecule has 1 saturated carbocycles. The van der Waals surface area contributed by atoms with Crippen molar-refractivity contribution in [2.75, 3.05) is 50.1 Å². The van der Waals surface area contributed by atoms with E-state index >= 15 is 0 Å². The predicted octanol–water partition coefficient (Wildman–Crippen LogP) is 2.65. The zero-order chi connectivity index (χ0) is 19.0. The average molecular weight is 374 g/mol. The third kappa shape index (κ3) is 3.31. The Morgan fingerprint density at radius 2 is 1.81 bits per heavy atom. The summed E-state index contributed by atoms with van der Waals surface area (Å²) >= 11 is 0. The summed E-state index contributed by atoms with van der Waals surface area (Å²) < 4.78 is 4.94. The van der Waals surface area contributed by atoms with Gasteiger partial charge in [0.15, 0.2) is 5.52 Å². The summed E-state index contributed by atoms with van der Waals surface area (Å²) in [4.78, 5) is 18.0. The third-order valence-corrected chi connectivity index (χ3v) is 6.00. The van der Waals surface area contributed by atoms with Crippen LogP contribution in [0.4, 0.5) is 17.1 Å². The van der Waals surface area contributed by atoms with Gasteiger partial charge in [0, 0.05) is 39.3 Å². The van der Waals surface area contributed by atoms with Crippen LogP contribution in [0, 0.1) is 10.1 Å². The molecule has 9 nitrogen and oxygen atoms in total. The number of hydrogen-bond donors (Lipinski definition) is 0. The number of fused-ring (bicyclic) bond motifs is 1. The molecular formula is C18H26N6O3. The highest BCUT2D eigenvalue weighted by Gasteiger charge is 2.32. The summed E-state index contributed by atoms with van der Waals surface area (Å²) in [5.41, 5.74) is 2.21. The van der Waals surface area contributed by atoms with E-state index in [0.29, 0.717) is 17.2 Å². The molecule has 0 amide bonds. The van der Waals surface area contributed by atoms with Crippen LogP contribution in [0.1, 0.15) is 32.1 Å². The van der Waals surface area contributed by atoms with E-state index in [1.54, 1.807) is 0 Å². The fraction of sp³-hybridized carbons (Fsp3) is 0.667. The van der Waals surface area contributed by atoms with Crippen LogP contribution < -0.4 is 9.80 Å². The molecular weight excluding hydrogens is 348 g/mol. The lowest BCUT2D eigenvalue weighted by Gasteiger charge is -2.36. The van der Waals surface area contributed by atoms with Crippen molar-refractivity contribution < 1.29 is 9.55 Å². The number of nitrogens with zero attached hydrogens (tertiary/aromatic N) is 6. The minimum atomic E-state index is -0.357. The van der Waals surface area contributed by atoms with Gasteiger partial charge in [0.25, 0.3) is 0 Å². The van der Waals surface area contributed by atoms with Crippen molar-refractivity contribution >= 4 is 28.1 Å². The van der Waals surface area contributed by atoms with Gasteiger partial charge in [-0.2, -0.15) is 0 Å². The molecule has 0 N–H and O–H groups in total. The number of rotatable bonds is 4. The molecule has 0 bridgehead atoms. The van der Waals surface area contributed by atoms with Crippen LogP contribution >= 0.6 is 0 Å². The molecule has 1 aromatic carbocycles. The topological polar surface area (TPSA) is 91.8 Å². The molecule has 1 aliphatic heterocycles. The van der Waals surface area contributed by atoms with Gasteiger partial charge in [0.05, 0.1) is 10.6 Å². The molecule has 0 spiro atoms. The van der Waals surface area contributed by atoms with Crippen molar-refractivity contribution in [1.29, 1.82) is 0 Å². The number of nitro groups is 1. The molecule has 27 heavy (non-hydrogen) atoms. The van der Waals surface area contributed by atoms with Crippen LogP contribution in [0.15, 0.2) is 10.7 Å². The fourth-order valence-corrected chi connectivity index (χ4v) is 4.30. The van der Waals surface area contributed by atoms with Crippen molar-refractivity contribution in [3.8, 4) is 0 Å². The smallest absolute Gasteiger partial charge is 0.323 e. The number of likely N-dealkylation sites (N-methyl/N-ethyl adjacent to an activating group) is 1. The van der Waals surface area contributed by atoms with Crippen molar-refractivity contribution in [1.82, 2.24) is 15.2 Å². The van der Waals surface area contributed by atoms with Gasteiger partial charge in [-0.25, -0.2) is 4.63 Å². The molecule has 2 aliphatic rings. The van der Waals surface area contributed by atoms with Gasteiger partial charge in [-0.1, -0.05) is 19.3 Å². The van der Waals surface area contributed by atoms with Crippen LogP contribution in [0.25, 0.3) is 11.0 Å². The molecule has 2 heterocycles. The highest BCUT2D eigenvalue weighted by atomic mass is 16.6. The standard InChI is InChI=1S/C18H26N6O3/c1-21-8-10-23(11-9-21)15-12-14(22(2)13-6-4-3-5-7-13)16-17(20-27-19-16)18(15)24(25)26/h12-13H,3-11H2,1-2H3. The summed E-state index contributed by atoms with van der Waals surface area (Å²) in [6, 6.07) is 2.34. The molecule has 1 aromatic heterocycles. The molecule has 1 saturated heterocycles. The van der Waals surface area contributed by atoms with E-state index < -0.39 is 0 Å². The van der Waals surface area contributed by atoms with E-state index in [9.17, 15) is 10.1 Å². The van der Waals surface area contributed by atoms with Crippen LogP contribution in [-0.4, -0.2) is 66.5 Å². The second kappa shape index (κ2) is 7.30. The molecule has 146 valence electrons. The van der Waals surface area contributed by atoms with E-state index in [-0.39, 0.29) is 16.1 Å². The van der Waals surface area contributed by atoms with Crippen LogP contribution in [0.2, 0.25) is 0 Å². The van der Waals surface area contributed by atoms with Crippen molar-refractivity contribution in [2.45, 2.75) is 38.1 Å². The van der Waals surface area contributed by atoms with Crippen molar-refractivity contribution in [2.24, 2.45) is 0 Å². The second-order valence-electron chi connectivity index (χ2n) is 7.68. The number of anilines is 2. The van der Waals surface area contributed by atoms with E-state index in [1.807, 2.05) is 6.07 Å². The number of aromatic nitrogens is 2. The maximum absolute atomic E-state index is 11.9. The maximum Gasteiger partial charge on any atom is 0.323 e. The molecule has 9 heteroatoms. The quantitative estimate of drug-likeness (QED) is 0.596. The first kappa shape index (κ1) is 18.0. The molecule has 0 atom stereocenters. The largest absolute Gasteiger partial charge is 0.370 e. The van der Waals surface area contributed by atoms with Crippen LogP contribution in [0.5, 0.6) is 0 Å². The van der Waals surface area contributed by atoms with Crippen LogP contribution in [-0.2, 0) is 0 Å². The van der Waals surface area contributed by atoms with E-state index in [2.05, 4.69) is 39.1 Å². The van der Waals surface area contributed by atoms with Crippen molar-refractivity contribution in [3.05, 3.63) is 16.2 Å². The number of nitro benzene ring substituents is 1. The summed E-state index contributed by atoms with van der Waals surface area (Å²) in [5, 5.41) is 19.8. The maximum atomic E-state index is 11.9. The number of piperazine rings is 1. The SMILES string of the molecule is CN1CCN(c2cc(N(C)C3CCCCC3)c3nonc3c2[N+](=O)[O-])CC1. The zero-order valence-corrected chi connectivity index (χ0v) is 15.9. The zero-order valence-electron chi connectivity index (χ0n) is 15.9. The van der Waals surface area contributed by atoms with Gasteiger partial charge in [-0.05, 0) is 36.3 Å². The Kier molecular flexibility index (Phi) is 4.86. The van der Waals surface area contributed by atoms with Gasteiger partial charge >= 0.3 is 5.69 Å². The van der Waals surface area contributed by atoms with E-state index in [1.165, 1.54) is 19.3 Å². The van der Waals surface area contributed by atoms with Gasteiger partial charge in [-0.15, -0.1) is 0 Å². The lowest BCUT2D eigenvalue weighted by atomic mass is 9.94. The highest BCUT2D eigenvalue weighted by Crippen LogP contribution is 2.41. The minimum Gasteiger partial charge on any atom is -0.370 e. The van der Waals surface area contributed by atoms with E-state index in [4.69, 9.17) is 4.63 Å². The highest BCUT2D eigenvalue weighted by molar-refractivity contribution is 6.00. The lowest BCUT2D eigenvalue weighted by molar-refractivity contribution is -0.382. The first-order chi connectivity index (χ1) is 13.1. The van der Waals surface area contributed by atoms with Gasteiger partial charge in [0.1, 0.15) is 5.69 Å². The molecule has 0 unspecified atom stereocenters. The molecule has 2 fully saturated rings. The average Bonchev–Trinajstić information content (AvgIpc) is 3.16. The Labute approximate surface area is 158 Å². The first-order valence-corrected chi connectivity index (χ1v) is 9.66.